The molecule has 35 heavy (non-hydrogen) atoms. The largest absolute Gasteiger partial charge is 0.444 e. The lowest BCUT2D eigenvalue weighted by molar-refractivity contribution is 0.0315. The first-order chi connectivity index (χ1) is 16.4. The standard InChI is InChI=1S/C27H38N2O4SSi/c1-27(2,3)33-26(31)28-18-19-8-7-9-21(14-19)20-10-12-29(13-11-20)25(30)22-15-23(34-4)17-24(16-22)35(5,6)32/h7-10,12,14-17,20,25,30,32H,11,13,18H2,1-6H3,(H,28,31). The summed E-state index contributed by atoms with van der Waals surface area (Å²) in [6.07, 6.45) is 5.77. The minimum atomic E-state index is -2.49. The number of alkyl carbamates (subject to hydrolysis) is 1. The summed E-state index contributed by atoms with van der Waals surface area (Å²) in [6, 6.07) is 14.2. The van der Waals surface area contributed by atoms with Crippen molar-refractivity contribution in [2.45, 2.75) is 69.5 Å². The molecular formula is C27H38N2O4SSi. The van der Waals surface area contributed by atoms with Crippen molar-refractivity contribution in [3.63, 3.8) is 0 Å². The van der Waals surface area contributed by atoms with E-state index in [0.717, 1.165) is 27.6 Å². The van der Waals surface area contributed by atoms with Crippen molar-refractivity contribution in [2.24, 2.45) is 0 Å². The number of allylic oxidation sites excluding steroid dienone is 1. The predicted molar refractivity (Wildman–Crippen MR) is 145 cm³/mol. The average molecular weight is 515 g/mol. The Bertz CT molecular complexity index is 1060. The maximum absolute atomic E-state index is 12.0. The van der Waals surface area contributed by atoms with Crippen molar-refractivity contribution < 1.29 is 19.4 Å². The Morgan fingerprint density at radius 3 is 2.60 bits per heavy atom. The number of aliphatic hydroxyl groups is 1. The number of amides is 1. The number of hydrogen-bond acceptors (Lipinski definition) is 6. The van der Waals surface area contributed by atoms with Gasteiger partial charge in [-0.3, -0.25) is 0 Å². The lowest BCUT2D eigenvalue weighted by Crippen LogP contribution is -2.42. The van der Waals surface area contributed by atoms with Crippen LogP contribution in [0.3, 0.4) is 0 Å². The maximum Gasteiger partial charge on any atom is 0.407 e. The first kappa shape index (κ1) is 27.3. The van der Waals surface area contributed by atoms with Crippen LogP contribution >= 0.6 is 11.8 Å². The van der Waals surface area contributed by atoms with Gasteiger partial charge in [-0.2, -0.15) is 0 Å². The zero-order valence-electron chi connectivity index (χ0n) is 21.5. The zero-order valence-corrected chi connectivity index (χ0v) is 23.4. The Labute approximate surface area is 214 Å². The van der Waals surface area contributed by atoms with E-state index in [0.29, 0.717) is 13.1 Å². The fourth-order valence-corrected chi connectivity index (χ4v) is 5.64. The number of benzene rings is 2. The fraction of sp³-hybridized carbons (Fsp3) is 0.444. The highest BCUT2D eigenvalue weighted by molar-refractivity contribution is 7.98. The second-order valence-corrected chi connectivity index (χ2v) is 15.1. The van der Waals surface area contributed by atoms with Crippen LogP contribution < -0.4 is 10.5 Å². The van der Waals surface area contributed by atoms with Crippen molar-refractivity contribution in [3.8, 4) is 0 Å². The fourth-order valence-electron chi connectivity index (χ4n) is 4.01. The van der Waals surface area contributed by atoms with Gasteiger partial charge in [0.1, 0.15) is 5.60 Å². The van der Waals surface area contributed by atoms with Gasteiger partial charge in [-0.1, -0.05) is 36.4 Å². The van der Waals surface area contributed by atoms with Gasteiger partial charge < -0.3 is 24.9 Å². The number of aliphatic hydroxyl groups excluding tert-OH is 1. The summed E-state index contributed by atoms with van der Waals surface area (Å²) in [4.78, 5) is 25.6. The molecule has 0 radical (unpaired) electrons. The zero-order chi connectivity index (χ0) is 25.8. The number of carbonyl (C=O) groups is 1. The van der Waals surface area contributed by atoms with E-state index in [4.69, 9.17) is 4.74 Å². The number of nitrogens with one attached hydrogen (secondary N) is 1. The van der Waals surface area contributed by atoms with E-state index in [-0.39, 0.29) is 5.92 Å². The molecule has 3 rings (SSSR count). The van der Waals surface area contributed by atoms with Crippen LogP contribution in [0, 0.1) is 0 Å². The van der Waals surface area contributed by atoms with Gasteiger partial charge in [0.2, 0.25) is 8.32 Å². The van der Waals surface area contributed by atoms with Crippen molar-refractivity contribution in [3.05, 3.63) is 71.4 Å². The van der Waals surface area contributed by atoms with Gasteiger partial charge in [-0.05, 0) is 81.2 Å². The molecule has 190 valence electrons. The molecule has 2 aromatic rings. The number of carbonyl (C=O) groups excluding carboxylic acids is 1. The Morgan fingerprint density at radius 2 is 2.00 bits per heavy atom. The molecule has 0 bridgehead atoms. The van der Waals surface area contributed by atoms with Gasteiger partial charge in [-0.15, -0.1) is 11.8 Å². The predicted octanol–water partition coefficient (Wildman–Crippen LogP) is 4.83. The molecule has 1 amide bonds. The SMILES string of the molecule is CSc1cc(C(O)N2C=CC(c3cccc(CNC(=O)OC(C)(C)C)c3)CC2)cc([Si](C)(C)O)c1. The third-order valence-corrected chi connectivity index (χ3v) is 8.32. The van der Waals surface area contributed by atoms with E-state index < -0.39 is 26.2 Å². The Kier molecular flexibility index (Phi) is 8.75. The molecule has 1 heterocycles. The highest BCUT2D eigenvalue weighted by Gasteiger charge is 2.25. The molecule has 8 heteroatoms. The van der Waals surface area contributed by atoms with E-state index in [1.165, 1.54) is 5.56 Å². The van der Waals surface area contributed by atoms with Gasteiger partial charge in [0.15, 0.2) is 6.23 Å². The quantitative estimate of drug-likeness (QED) is 0.363. The van der Waals surface area contributed by atoms with Crippen molar-refractivity contribution in [1.29, 1.82) is 0 Å². The summed E-state index contributed by atoms with van der Waals surface area (Å²) >= 11 is 1.61. The molecule has 2 aromatic carbocycles. The molecule has 3 N–H and O–H groups in total. The molecule has 0 fully saturated rings. The second kappa shape index (κ2) is 11.2. The number of rotatable bonds is 7. The smallest absolute Gasteiger partial charge is 0.407 e. The van der Waals surface area contributed by atoms with Crippen molar-refractivity contribution in [1.82, 2.24) is 10.2 Å². The molecule has 2 atom stereocenters. The maximum atomic E-state index is 12.0. The number of thioether (sulfide) groups is 1. The molecule has 1 aliphatic heterocycles. The Hall–Kier alpha value is -2.26. The van der Waals surface area contributed by atoms with Crippen LogP contribution in [0.2, 0.25) is 13.1 Å². The molecule has 0 spiro atoms. The van der Waals surface area contributed by atoms with Crippen LogP contribution in [0.15, 0.2) is 59.6 Å². The van der Waals surface area contributed by atoms with Gasteiger partial charge >= 0.3 is 6.09 Å². The molecule has 1 aliphatic rings. The summed E-state index contributed by atoms with van der Waals surface area (Å²) in [5.41, 5.74) is 2.48. The van der Waals surface area contributed by atoms with E-state index in [1.807, 2.05) is 81.6 Å². The Morgan fingerprint density at radius 1 is 1.26 bits per heavy atom. The third-order valence-electron chi connectivity index (χ3n) is 5.91. The second-order valence-electron chi connectivity index (χ2n) is 10.5. The van der Waals surface area contributed by atoms with Crippen molar-refractivity contribution >= 4 is 31.4 Å². The van der Waals surface area contributed by atoms with Crippen molar-refractivity contribution in [2.75, 3.05) is 12.8 Å². The monoisotopic (exact) mass is 514 g/mol. The summed E-state index contributed by atoms with van der Waals surface area (Å²) < 4.78 is 5.31. The highest BCUT2D eigenvalue weighted by atomic mass is 32.2. The molecule has 0 saturated carbocycles. The normalized spacial score (nSPS) is 17.3. The summed E-state index contributed by atoms with van der Waals surface area (Å²) in [6.45, 7) is 10.4. The number of nitrogens with zero attached hydrogens (tertiary/aromatic N) is 1. The van der Waals surface area contributed by atoms with Crippen LogP contribution in [0.25, 0.3) is 0 Å². The summed E-state index contributed by atoms with van der Waals surface area (Å²) in [5, 5.41) is 14.8. The molecule has 6 nitrogen and oxygen atoms in total. The Balaban J connectivity index is 1.67. The molecular weight excluding hydrogens is 476 g/mol. The number of ether oxygens (including phenoxy) is 1. The van der Waals surface area contributed by atoms with Gasteiger partial charge in [0.05, 0.1) is 0 Å². The van der Waals surface area contributed by atoms with Crippen LogP contribution in [0.5, 0.6) is 0 Å². The van der Waals surface area contributed by atoms with Gasteiger partial charge in [-0.25, -0.2) is 4.79 Å². The topological polar surface area (TPSA) is 82.0 Å². The minimum Gasteiger partial charge on any atom is -0.444 e. The molecule has 0 saturated heterocycles. The molecule has 0 aromatic heterocycles. The van der Waals surface area contributed by atoms with Crippen LogP contribution in [0.1, 0.15) is 56.0 Å². The minimum absolute atomic E-state index is 0.233. The lowest BCUT2D eigenvalue weighted by atomic mass is 9.92. The first-order valence-corrected chi connectivity index (χ1v) is 16.1. The third kappa shape index (κ3) is 7.86. The summed E-state index contributed by atoms with van der Waals surface area (Å²) in [7, 11) is -2.49. The van der Waals surface area contributed by atoms with E-state index in [1.54, 1.807) is 11.8 Å². The van der Waals surface area contributed by atoms with E-state index in [9.17, 15) is 14.7 Å². The first-order valence-electron chi connectivity index (χ1n) is 12.0. The van der Waals surface area contributed by atoms with E-state index >= 15 is 0 Å². The van der Waals surface area contributed by atoms with E-state index in [2.05, 4.69) is 23.5 Å². The van der Waals surface area contributed by atoms with Crippen LogP contribution in [0.4, 0.5) is 4.79 Å². The highest BCUT2D eigenvalue weighted by Crippen LogP contribution is 2.31. The molecule has 2 unspecified atom stereocenters. The average Bonchev–Trinajstić information content (AvgIpc) is 2.80. The number of hydrogen-bond donors (Lipinski definition) is 3. The van der Waals surface area contributed by atoms with Crippen LogP contribution in [-0.2, 0) is 11.3 Å². The lowest BCUT2D eigenvalue weighted by Gasteiger charge is -2.33. The summed E-state index contributed by atoms with van der Waals surface area (Å²) in [5.74, 6) is 0.233. The van der Waals surface area contributed by atoms with Crippen LogP contribution in [-0.4, -0.2) is 47.6 Å². The van der Waals surface area contributed by atoms with Gasteiger partial charge in [0.25, 0.3) is 0 Å². The van der Waals surface area contributed by atoms with Gasteiger partial charge in [0, 0.05) is 29.5 Å². The molecule has 0 aliphatic carbocycles.